The Labute approximate surface area is 93.2 Å². The molecule has 0 atom stereocenters. The number of carbonyl (C=O) groups is 1. The Morgan fingerprint density at radius 1 is 1.50 bits per heavy atom. The molecule has 0 aliphatic carbocycles. The van der Waals surface area contributed by atoms with Crippen molar-refractivity contribution >= 4 is 16.9 Å². The van der Waals surface area contributed by atoms with Gasteiger partial charge in [0.15, 0.2) is 0 Å². The van der Waals surface area contributed by atoms with E-state index in [9.17, 15) is 4.79 Å². The molecule has 84 valence electrons. The molecule has 0 N–H and O–H groups in total. The van der Waals surface area contributed by atoms with Crippen LogP contribution in [0.5, 0.6) is 0 Å². The molecule has 5 nitrogen and oxygen atoms in total. The zero-order chi connectivity index (χ0) is 11.5. The van der Waals surface area contributed by atoms with E-state index >= 15 is 0 Å². The molecule has 0 saturated heterocycles. The Balaban J connectivity index is 2.25. The van der Waals surface area contributed by atoms with E-state index in [1.807, 2.05) is 24.3 Å². The number of likely N-dealkylation sites (N-methyl/N-ethyl adjacent to an activating group) is 1. The number of benzene rings is 1. The van der Waals surface area contributed by atoms with E-state index in [0.717, 1.165) is 11.0 Å². The van der Waals surface area contributed by atoms with Gasteiger partial charge >= 0.3 is 0 Å². The minimum Gasteiger partial charge on any atom is -0.321 e. The monoisotopic (exact) mass is 219 g/mol. The lowest BCUT2D eigenvalue weighted by Gasteiger charge is -2.13. The van der Waals surface area contributed by atoms with Crippen LogP contribution in [0.4, 0.5) is 0 Å². The van der Waals surface area contributed by atoms with Gasteiger partial charge in [-0.1, -0.05) is 12.1 Å². The van der Waals surface area contributed by atoms with Gasteiger partial charge < -0.3 is 4.57 Å². The topological polar surface area (TPSA) is 47.4 Å². The second-order valence-electron chi connectivity index (χ2n) is 3.43. The van der Waals surface area contributed by atoms with Crippen molar-refractivity contribution < 1.29 is 9.63 Å². The van der Waals surface area contributed by atoms with E-state index in [1.54, 1.807) is 17.9 Å². The molecule has 0 spiro atoms. The normalized spacial score (nSPS) is 10.6. The van der Waals surface area contributed by atoms with E-state index in [4.69, 9.17) is 4.84 Å². The van der Waals surface area contributed by atoms with Gasteiger partial charge in [0.25, 0.3) is 5.91 Å². The summed E-state index contributed by atoms with van der Waals surface area (Å²) in [5, 5.41) is 1.20. The van der Waals surface area contributed by atoms with Crippen LogP contribution in [-0.2, 0) is 16.2 Å². The number of para-hydroxylation sites is 2. The molecule has 1 aromatic carbocycles. The highest BCUT2D eigenvalue weighted by Gasteiger charge is 2.10. The van der Waals surface area contributed by atoms with Crippen molar-refractivity contribution in [1.29, 1.82) is 0 Å². The summed E-state index contributed by atoms with van der Waals surface area (Å²) >= 11 is 0. The number of imidazole rings is 1. The van der Waals surface area contributed by atoms with E-state index in [-0.39, 0.29) is 12.5 Å². The lowest BCUT2D eigenvalue weighted by atomic mass is 10.3. The van der Waals surface area contributed by atoms with Crippen LogP contribution in [0.2, 0.25) is 0 Å². The van der Waals surface area contributed by atoms with Crippen molar-refractivity contribution in [3.63, 3.8) is 0 Å². The summed E-state index contributed by atoms with van der Waals surface area (Å²) < 4.78 is 1.80. The first-order valence-corrected chi connectivity index (χ1v) is 4.93. The van der Waals surface area contributed by atoms with Crippen LogP contribution in [-0.4, -0.2) is 34.7 Å². The average molecular weight is 219 g/mol. The van der Waals surface area contributed by atoms with Gasteiger partial charge in [0.05, 0.1) is 24.5 Å². The predicted molar refractivity (Wildman–Crippen MR) is 59.5 cm³/mol. The number of hydrogen-bond acceptors (Lipinski definition) is 3. The molecule has 0 fully saturated rings. The van der Waals surface area contributed by atoms with E-state index in [1.165, 1.54) is 12.2 Å². The van der Waals surface area contributed by atoms with Gasteiger partial charge in [-0.15, -0.1) is 0 Å². The zero-order valence-corrected chi connectivity index (χ0v) is 9.25. The number of aromatic nitrogens is 2. The quantitative estimate of drug-likeness (QED) is 0.725. The molecular formula is C11H13N3O2. The highest BCUT2D eigenvalue weighted by atomic mass is 16.7. The Kier molecular flexibility index (Phi) is 2.87. The van der Waals surface area contributed by atoms with Crippen LogP contribution in [0.15, 0.2) is 30.6 Å². The fourth-order valence-electron chi connectivity index (χ4n) is 1.48. The molecule has 1 heterocycles. The number of carbonyl (C=O) groups excluding carboxylic acids is 1. The van der Waals surface area contributed by atoms with Crippen molar-refractivity contribution in [3.05, 3.63) is 30.6 Å². The van der Waals surface area contributed by atoms with Crippen molar-refractivity contribution in [2.45, 2.75) is 6.54 Å². The summed E-state index contributed by atoms with van der Waals surface area (Å²) in [5.41, 5.74) is 1.83. The number of rotatable bonds is 3. The highest BCUT2D eigenvalue weighted by Crippen LogP contribution is 2.11. The fraction of sp³-hybridized carbons (Fsp3) is 0.273. The van der Waals surface area contributed by atoms with Crippen LogP contribution in [0.25, 0.3) is 11.0 Å². The standard InChI is InChI=1S/C11H13N3O2/c1-13(16-2)11(15)7-14-8-12-9-5-3-4-6-10(9)14/h3-6,8H,7H2,1-2H3. The Morgan fingerprint density at radius 3 is 3.00 bits per heavy atom. The third-order valence-corrected chi connectivity index (χ3v) is 2.46. The maximum Gasteiger partial charge on any atom is 0.265 e. The van der Waals surface area contributed by atoms with Gasteiger partial charge in [-0.25, -0.2) is 10.0 Å². The molecule has 16 heavy (non-hydrogen) atoms. The van der Waals surface area contributed by atoms with Crippen LogP contribution in [0, 0.1) is 0 Å². The van der Waals surface area contributed by atoms with Gasteiger partial charge in [0.1, 0.15) is 6.54 Å². The number of hydroxylamine groups is 2. The van der Waals surface area contributed by atoms with Crippen molar-refractivity contribution in [3.8, 4) is 0 Å². The maximum atomic E-state index is 11.6. The van der Waals surface area contributed by atoms with Gasteiger partial charge in [-0.3, -0.25) is 9.63 Å². The summed E-state index contributed by atoms with van der Waals surface area (Å²) in [7, 11) is 3.05. The lowest BCUT2D eigenvalue weighted by molar-refractivity contribution is -0.169. The van der Waals surface area contributed by atoms with E-state index in [2.05, 4.69) is 4.98 Å². The van der Waals surface area contributed by atoms with E-state index in [0.29, 0.717) is 0 Å². The third kappa shape index (κ3) is 1.90. The highest BCUT2D eigenvalue weighted by molar-refractivity contribution is 5.79. The number of fused-ring (bicyclic) bond motifs is 1. The SMILES string of the molecule is CON(C)C(=O)Cn1cnc2ccccc21. The van der Waals surface area contributed by atoms with Gasteiger partial charge in [-0.05, 0) is 12.1 Å². The first-order chi connectivity index (χ1) is 7.72. The molecule has 2 aromatic rings. The molecule has 0 aliphatic rings. The van der Waals surface area contributed by atoms with Crippen LogP contribution < -0.4 is 0 Å². The molecule has 0 saturated carbocycles. The maximum absolute atomic E-state index is 11.6. The third-order valence-electron chi connectivity index (χ3n) is 2.46. The molecule has 5 heteroatoms. The molecule has 0 bridgehead atoms. The molecule has 1 aromatic heterocycles. The van der Waals surface area contributed by atoms with Gasteiger partial charge in [-0.2, -0.15) is 0 Å². The largest absolute Gasteiger partial charge is 0.321 e. The van der Waals surface area contributed by atoms with Crippen LogP contribution in [0.3, 0.4) is 0 Å². The van der Waals surface area contributed by atoms with Crippen LogP contribution in [0.1, 0.15) is 0 Å². The van der Waals surface area contributed by atoms with Gasteiger partial charge in [0.2, 0.25) is 0 Å². The molecule has 2 rings (SSSR count). The van der Waals surface area contributed by atoms with Crippen molar-refractivity contribution in [1.82, 2.24) is 14.6 Å². The summed E-state index contributed by atoms with van der Waals surface area (Å²) in [4.78, 5) is 20.7. The number of nitrogens with zero attached hydrogens (tertiary/aromatic N) is 3. The second kappa shape index (κ2) is 4.32. The number of amides is 1. The predicted octanol–water partition coefficient (Wildman–Crippen LogP) is 1.06. The lowest BCUT2D eigenvalue weighted by Crippen LogP contribution is -2.28. The molecule has 1 amide bonds. The summed E-state index contributed by atoms with van der Waals surface area (Å²) in [6.07, 6.45) is 1.66. The van der Waals surface area contributed by atoms with Crippen molar-refractivity contribution in [2.75, 3.05) is 14.2 Å². The molecular weight excluding hydrogens is 206 g/mol. The first kappa shape index (κ1) is 10.6. The van der Waals surface area contributed by atoms with Crippen LogP contribution >= 0.6 is 0 Å². The molecule has 0 aliphatic heterocycles. The Morgan fingerprint density at radius 2 is 2.25 bits per heavy atom. The fourth-order valence-corrected chi connectivity index (χ4v) is 1.48. The minimum atomic E-state index is -0.120. The van der Waals surface area contributed by atoms with E-state index < -0.39 is 0 Å². The smallest absolute Gasteiger partial charge is 0.265 e. The summed E-state index contributed by atoms with van der Waals surface area (Å²) in [6.45, 7) is 0.227. The van der Waals surface area contributed by atoms with Crippen molar-refractivity contribution in [2.24, 2.45) is 0 Å². The zero-order valence-electron chi connectivity index (χ0n) is 9.25. The summed E-state index contributed by atoms with van der Waals surface area (Å²) in [6, 6.07) is 7.69. The average Bonchev–Trinajstić information content (AvgIpc) is 2.72. The first-order valence-electron chi connectivity index (χ1n) is 4.93. The molecule has 0 radical (unpaired) electrons. The number of hydrogen-bond donors (Lipinski definition) is 0. The second-order valence-corrected chi connectivity index (χ2v) is 3.43. The minimum absolute atomic E-state index is 0.120. The summed E-state index contributed by atoms with van der Waals surface area (Å²) in [5.74, 6) is -0.120. The Bertz CT molecular complexity index is 507. The Hall–Kier alpha value is -1.88. The van der Waals surface area contributed by atoms with Gasteiger partial charge in [0, 0.05) is 7.05 Å². The molecule has 0 unspecified atom stereocenters.